The van der Waals surface area contributed by atoms with Crippen LogP contribution < -0.4 is 5.32 Å². The van der Waals surface area contributed by atoms with Gasteiger partial charge in [0.05, 0.1) is 24.6 Å². The van der Waals surface area contributed by atoms with Gasteiger partial charge in [0.1, 0.15) is 11.5 Å². The first kappa shape index (κ1) is 14.7. The number of furan rings is 1. The van der Waals surface area contributed by atoms with Gasteiger partial charge in [-0.2, -0.15) is 0 Å². The predicted molar refractivity (Wildman–Crippen MR) is 82.2 cm³/mol. The summed E-state index contributed by atoms with van der Waals surface area (Å²) in [6, 6.07) is 4.00. The van der Waals surface area contributed by atoms with Crippen LogP contribution >= 0.6 is 0 Å². The zero-order chi connectivity index (χ0) is 15.5. The van der Waals surface area contributed by atoms with Crippen LogP contribution in [-0.2, 0) is 20.0 Å². The third kappa shape index (κ3) is 2.86. The number of hydrogen-bond acceptors (Lipinski definition) is 3. The summed E-state index contributed by atoms with van der Waals surface area (Å²) in [5.41, 5.74) is 0.982. The van der Waals surface area contributed by atoms with E-state index < -0.39 is 0 Å². The summed E-state index contributed by atoms with van der Waals surface area (Å²) >= 11 is 0. The Hall–Kier alpha value is -2.24. The van der Waals surface area contributed by atoms with Gasteiger partial charge in [-0.05, 0) is 25.0 Å². The number of carbonyl (C=O) groups is 1. The average Bonchev–Trinajstić information content (AvgIpc) is 3.24. The lowest BCUT2D eigenvalue weighted by Crippen LogP contribution is -2.39. The summed E-state index contributed by atoms with van der Waals surface area (Å²) in [7, 11) is 1.92. The molecule has 22 heavy (non-hydrogen) atoms. The van der Waals surface area contributed by atoms with Crippen molar-refractivity contribution in [1.29, 1.82) is 0 Å². The highest BCUT2D eigenvalue weighted by Crippen LogP contribution is 2.33. The van der Waals surface area contributed by atoms with Crippen LogP contribution in [0.1, 0.15) is 43.0 Å². The van der Waals surface area contributed by atoms with E-state index in [1.54, 1.807) is 12.5 Å². The Balaban J connectivity index is 1.64. The smallest absolute Gasteiger partial charge is 0.318 e. The molecule has 2 aromatic rings. The Morgan fingerprint density at radius 2 is 2.36 bits per heavy atom. The van der Waals surface area contributed by atoms with Gasteiger partial charge in [0, 0.05) is 26.2 Å². The van der Waals surface area contributed by atoms with Crippen molar-refractivity contribution < 1.29 is 9.21 Å². The number of urea groups is 1. The van der Waals surface area contributed by atoms with Crippen molar-refractivity contribution in [2.45, 2.75) is 38.8 Å². The molecule has 3 rings (SSSR count). The zero-order valence-electron chi connectivity index (χ0n) is 13.1. The molecule has 0 aromatic carbocycles. The van der Waals surface area contributed by atoms with E-state index in [-0.39, 0.29) is 12.1 Å². The minimum absolute atomic E-state index is 0.0434. The Labute approximate surface area is 130 Å². The number of hydrogen-bond donors (Lipinski definition) is 1. The molecule has 6 nitrogen and oxygen atoms in total. The number of nitrogens with zero attached hydrogens (tertiary/aromatic N) is 3. The van der Waals surface area contributed by atoms with Crippen LogP contribution in [-0.4, -0.2) is 27.0 Å². The van der Waals surface area contributed by atoms with Gasteiger partial charge < -0.3 is 19.2 Å². The molecule has 118 valence electrons. The van der Waals surface area contributed by atoms with Crippen LogP contribution in [0.5, 0.6) is 0 Å². The molecule has 1 N–H and O–H groups in total. The highest BCUT2D eigenvalue weighted by molar-refractivity contribution is 5.75. The normalized spacial score (nSPS) is 17.9. The van der Waals surface area contributed by atoms with E-state index in [0.29, 0.717) is 6.54 Å². The fourth-order valence-corrected chi connectivity index (χ4v) is 2.89. The number of likely N-dealkylation sites (tertiary alicyclic amines) is 1. The molecule has 3 heterocycles. The minimum atomic E-state index is -0.0434. The second-order valence-corrected chi connectivity index (χ2v) is 5.66. The van der Waals surface area contributed by atoms with Crippen LogP contribution in [0, 0.1) is 0 Å². The van der Waals surface area contributed by atoms with Crippen molar-refractivity contribution in [3.05, 3.63) is 41.9 Å². The zero-order valence-corrected chi connectivity index (χ0v) is 13.1. The fraction of sp³-hybridized carbons (Fsp3) is 0.500. The summed E-state index contributed by atoms with van der Waals surface area (Å²) in [4.78, 5) is 18.4. The lowest BCUT2D eigenvalue weighted by molar-refractivity contribution is 0.185. The summed E-state index contributed by atoms with van der Waals surface area (Å²) in [5.74, 6) is 1.86. The lowest BCUT2D eigenvalue weighted by Gasteiger charge is -2.23. The third-order valence-corrected chi connectivity index (χ3v) is 4.21. The van der Waals surface area contributed by atoms with Crippen molar-refractivity contribution in [3.63, 3.8) is 0 Å². The van der Waals surface area contributed by atoms with Gasteiger partial charge in [-0.15, -0.1) is 0 Å². The van der Waals surface area contributed by atoms with Crippen molar-refractivity contribution in [3.8, 4) is 0 Å². The van der Waals surface area contributed by atoms with Crippen LogP contribution in [0.2, 0.25) is 0 Å². The van der Waals surface area contributed by atoms with Gasteiger partial charge in [0.25, 0.3) is 0 Å². The number of rotatable bonds is 4. The third-order valence-electron chi connectivity index (χ3n) is 4.21. The molecule has 1 atom stereocenters. The predicted octanol–water partition coefficient (Wildman–Crippen LogP) is 2.62. The maximum atomic E-state index is 12.5. The molecule has 0 saturated carbocycles. The van der Waals surface area contributed by atoms with Gasteiger partial charge in [0.15, 0.2) is 0 Å². The molecule has 1 aliphatic heterocycles. The van der Waals surface area contributed by atoms with Gasteiger partial charge in [0.2, 0.25) is 0 Å². The van der Waals surface area contributed by atoms with Gasteiger partial charge in [-0.25, -0.2) is 9.78 Å². The topological polar surface area (TPSA) is 63.3 Å². The van der Waals surface area contributed by atoms with Crippen LogP contribution in [0.4, 0.5) is 4.79 Å². The second-order valence-electron chi connectivity index (χ2n) is 5.66. The monoisotopic (exact) mass is 302 g/mol. The van der Waals surface area contributed by atoms with Crippen LogP contribution in [0.3, 0.4) is 0 Å². The lowest BCUT2D eigenvalue weighted by atomic mass is 10.2. The summed E-state index contributed by atoms with van der Waals surface area (Å²) in [6.45, 7) is 3.32. The van der Waals surface area contributed by atoms with Crippen molar-refractivity contribution >= 4 is 6.03 Å². The molecular weight excluding hydrogens is 280 g/mol. The number of carbonyl (C=O) groups excluding carboxylic acids is 1. The molecule has 1 aliphatic rings. The largest absolute Gasteiger partial charge is 0.464 e. The van der Waals surface area contributed by atoms with E-state index in [2.05, 4.69) is 17.2 Å². The van der Waals surface area contributed by atoms with Gasteiger partial charge in [-0.3, -0.25) is 0 Å². The first-order chi connectivity index (χ1) is 10.7. The number of amides is 2. The molecule has 0 aliphatic carbocycles. The van der Waals surface area contributed by atoms with E-state index in [1.165, 1.54) is 0 Å². The highest BCUT2D eigenvalue weighted by Gasteiger charge is 2.32. The average molecular weight is 302 g/mol. The Bertz CT molecular complexity index is 646. The quantitative estimate of drug-likeness (QED) is 0.944. The number of aromatic nitrogens is 2. The first-order valence-electron chi connectivity index (χ1n) is 7.77. The van der Waals surface area contributed by atoms with E-state index >= 15 is 0 Å². The number of nitrogens with one attached hydrogen (secondary N) is 1. The molecule has 0 unspecified atom stereocenters. The van der Waals surface area contributed by atoms with Crippen LogP contribution in [0.15, 0.2) is 29.1 Å². The van der Waals surface area contributed by atoms with Crippen molar-refractivity contribution in [2.24, 2.45) is 7.05 Å². The molecule has 0 radical (unpaired) electrons. The van der Waals surface area contributed by atoms with E-state index in [9.17, 15) is 4.79 Å². The minimum Gasteiger partial charge on any atom is -0.464 e. The van der Waals surface area contributed by atoms with Gasteiger partial charge in [-0.1, -0.05) is 6.92 Å². The standard InChI is InChI=1S/C16H22N4O2/c1-3-13-6-7-15(22-13)14-5-4-8-20(14)16(21)18-10-12-9-17-11-19(12)2/h6-7,9,11,14H,3-5,8,10H2,1-2H3,(H,18,21)/t14-/m0/s1. The number of imidazole rings is 1. The Morgan fingerprint density at radius 1 is 1.50 bits per heavy atom. The molecule has 1 fully saturated rings. The van der Waals surface area contributed by atoms with Gasteiger partial charge >= 0.3 is 6.03 Å². The maximum Gasteiger partial charge on any atom is 0.318 e. The highest BCUT2D eigenvalue weighted by atomic mass is 16.3. The SMILES string of the molecule is CCc1ccc([C@@H]2CCCN2C(=O)NCc2cncn2C)o1. The molecule has 1 saturated heterocycles. The fourth-order valence-electron chi connectivity index (χ4n) is 2.89. The summed E-state index contributed by atoms with van der Waals surface area (Å²) < 4.78 is 7.74. The second kappa shape index (κ2) is 6.25. The Morgan fingerprint density at radius 3 is 3.05 bits per heavy atom. The number of aryl methyl sites for hydroxylation is 2. The molecule has 0 bridgehead atoms. The van der Waals surface area contributed by atoms with E-state index in [1.807, 2.05) is 28.6 Å². The summed E-state index contributed by atoms with van der Waals surface area (Å²) in [6.07, 6.45) is 6.33. The molecular formula is C16H22N4O2. The molecule has 6 heteroatoms. The molecule has 2 amide bonds. The van der Waals surface area contributed by atoms with E-state index in [4.69, 9.17) is 4.42 Å². The van der Waals surface area contributed by atoms with Crippen molar-refractivity contribution in [2.75, 3.05) is 6.54 Å². The van der Waals surface area contributed by atoms with Crippen LogP contribution in [0.25, 0.3) is 0 Å². The molecule has 2 aromatic heterocycles. The Kier molecular flexibility index (Phi) is 4.18. The maximum absolute atomic E-state index is 12.5. The van der Waals surface area contributed by atoms with E-state index in [0.717, 1.165) is 43.0 Å². The summed E-state index contributed by atoms with van der Waals surface area (Å²) in [5, 5.41) is 2.97. The van der Waals surface area contributed by atoms with Crippen molar-refractivity contribution in [1.82, 2.24) is 19.8 Å². The first-order valence-corrected chi connectivity index (χ1v) is 7.77. The molecule has 0 spiro atoms.